The third-order valence-corrected chi connectivity index (χ3v) is 3.82. The fraction of sp³-hybridized carbons (Fsp3) is 0.200. The van der Waals surface area contributed by atoms with Gasteiger partial charge in [-0.25, -0.2) is 4.39 Å². The van der Waals surface area contributed by atoms with E-state index >= 15 is 0 Å². The fourth-order valence-electron chi connectivity index (χ4n) is 2.04. The van der Waals surface area contributed by atoms with E-state index in [1.54, 1.807) is 30.3 Å². The molecule has 0 saturated carbocycles. The third kappa shape index (κ3) is 3.44. The zero-order valence-electron chi connectivity index (χ0n) is 10.8. The molecule has 0 amide bonds. The van der Waals surface area contributed by atoms with Crippen LogP contribution in [0.3, 0.4) is 0 Å². The molecule has 0 spiro atoms. The van der Waals surface area contributed by atoms with E-state index in [1.807, 2.05) is 6.92 Å². The Morgan fingerprint density at radius 1 is 1.05 bits per heavy atom. The van der Waals surface area contributed by atoms with E-state index in [-0.39, 0.29) is 11.1 Å². The van der Waals surface area contributed by atoms with Gasteiger partial charge in [0.15, 0.2) is 0 Å². The molecule has 2 rings (SSSR count). The van der Waals surface area contributed by atoms with Crippen LogP contribution in [0.25, 0.3) is 0 Å². The summed E-state index contributed by atoms with van der Waals surface area (Å²) >= 11 is 18.1. The summed E-state index contributed by atoms with van der Waals surface area (Å²) in [6.07, 6.45) is 0. The highest BCUT2D eigenvalue weighted by Crippen LogP contribution is 2.32. The lowest BCUT2D eigenvalue weighted by Gasteiger charge is -2.20. The van der Waals surface area contributed by atoms with Crippen molar-refractivity contribution < 1.29 is 4.39 Å². The molecular formula is C15H13Cl3FN. The summed E-state index contributed by atoms with van der Waals surface area (Å²) in [5.41, 5.74) is 1.67. The second-order valence-electron chi connectivity index (χ2n) is 4.33. The van der Waals surface area contributed by atoms with E-state index in [9.17, 15) is 4.39 Å². The predicted molar refractivity (Wildman–Crippen MR) is 83.4 cm³/mol. The minimum absolute atomic E-state index is 0.0866. The van der Waals surface area contributed by atoms with Crippen molar-refractivity contribution in [3.8, 4) is 0 Å². The van der Waals surface area contributed by atoms with Crippen LogP contribution in [0.1, 0.15) is 24.1 Å². The highest BCUT2D eigenvalue weighted by Gasteiger charge is 2.17. The molecule has 106 valence electrons. The van der Waals surface area contributed by atoms with Crippen LogP contribution in [0.2, 0.25) is 15.1 Å². The quantitative estimate of drug-likeness (QED) is 0.781. The van der Waals surface area contributed by atoms with Crippen molar-refractivity contribution in [1.82, 2.24) is 5.32 Å². The van der Waals surface area contributed by atoms with Crippen LogP contribution < -0.4 is 5.32 Å². The van der Waals surface area contributed by atoms with E-state index in [4.69, 9.17) is 34.8 Å². The van der Waals surface area contributed by atoms with Gasteiger partial charge in [-0.3, -0.25) is 0 Å². The number of benzene rings is 2. The highest BCUT2D eigenvalue weighted by atomic mass is 35.5. The van der Waals surface area contributed by atoms with Crippen molar-refractivity contribution in [1.29, 1.82) is 0 Å². The summed E-state index contributed by atoms with van der Waals surface area (Å²) in [4.78, 5) is 0. The molecule has 5 heteroatoms. The Morgan fingerprint density at radius 3 is 2.45 bits per heavy atom. The van der Waals surface area contributed by atoms with Crippen molar-refractivity contribution in [2.45, 2.75) is 13.0 Å². The van der Waals surface area contributed by atoms with E-state index < -0.39 is 5.82 Å². The van der Waals surface area contributed by atoms with Gasteiger partial charge in [0.1, 0.15) is 5.82 Å². The van der Waals surface area contributed by atoms with Crippen molar-refractivity contribution in [3.05, 3.63) is 68.4 Å². The fourth-order valence-corrected chi connectivity index (χ4v) is 2.64. The Bertz CT molecular complexity index is 616. The van der Waals surface area contributed by atoms with Gasteiger partial charge in [0.2, 0.25) is 0 Å². The number of nitrogens with one attached hydrogen (secondary N) is 1. The molecule has 1 N–H and O–H groups in total. The predicted octanol–water partition coefficient (Wildman–Crippen LogP) is 5.48. The van der Waals surface area contributed by atoms with Crippen LogP contribution in [0, 0.1) is 5.82 Å². The van der Waals surface area contributed by atoms with Crippen molar-refractivity contribution in [2.24, 2.45) is 0 Å². The summed E-state index contributed by atoms with van der Waals surface area (Å²) in [6.45, 7) is 2.71. The zero-order chi connectivity index (χ0) is 14.7. The summed E-state index contributed by atoms with van der Waals surface area (Å²) in [5, 5.41) is 4.59. The first kappa shape index (κ1) is 15.6. The highest BCUT2D eigenvalue weighted by molar-refractivity contribution is 6.33. The summed E-state index contributed by atoms with van der Waals surface area (Å²) in [7, 11) is 0. The van der Waals surface area contributed by atoms with Crippen LogP contribution >= 0.6 is 34.8 Å². The Kier molecular flexibility index (Phi) is 5.28. The molecule has 0 aliphatic heterocycles. The molecule has 1 nitrogen and oxygen atoms in total. The van der Waals surface area contributed by atoms with Crippen molar-refractivity contribution >= 4 is 34.8 Å². The first-order valence-electron chi connectivity index (χ1n) is 6.16. The lowest BCUT2D eigenvalue weighted by Crippen LogP contribution is -2.22. The van der Waals surface area contributed by atoms with Crippen LogP contribution in [0.15, 0.2) is 36.4 Å². The molecule has 2 aromatic carbocycles. The molecule has 2 aromatic rings. The second-order valence-corrected chi connectivity index (χ2v) is 5.58. The van der Waals surface area contributed by atoms with Crippen LogP contribution in [-0.4, -0.2) is 6.54 Å². The first-order chi connectivity index (χ1) is 9.52. The van der Waals surface area contributed by atoms with Gasteiger partial charge in [-0.05, 0) is 48.0 Å². The maximum Gasteiger partial charge on any atom is 0.141 e. The Hall–Kier alpha value is -0.800. The second kappa shape index (κ2) is 6.77. The van der Waals surface area contributed by atoms with Crippen LogP contribution in [-0.2, 0) is 0 Å². The van der Waals surface area contributed by atoms with Crippen LogP contribution in [0.5, 0.6) is 0 Å². The Labute approximate surface area is 132 Å². The first-order valence-corrected chi connectivity index (χ1v) is 7.29. The lowest BCUT2D eigenvalue weighted by atomic mass is 9.98. The summed E-state index contributed by atoms with van der Waals surface area (Å²) in [5.74, 6) is -0.442. The van der Waals surface area contributed by atoms with E-state index in [2.05, 4.69) is 5.32 Å². The van der Waals surface area contributed by atoms with Gasteiger partial charge in [-0.1, -0.05) is 47.8 Å². The van der Waals surface area contributed by atoms with Gasteiger partial charge >= 0.3 is 0 Å². The smallest absolute Gasteiger partial charge is 0.141 e. The number of halogens is 4. The molecule has 0 aliphatic rings. The molecule has 0 bridgehead atoms. The molecule has 0 aromatic heterocycles. The molecule has 1 atom stereocenters. The monoisotopic (exact) mass is 331 g/mol. The van der Waals surface area contributed by atoms with E-state index in [0.29, 0.717) is 10.0 Å². The molecule has 0 fully saturated rings. The largest absolute Gasteiger partial charge is 0.306 e. The molecule has 20 heavy (non-hydrogen) atoms. The maximum atomic E-state index is 13.3. The minimum atomic E-state index is -0.442. The minimum Gasteiger partial charge on any atom is -0.306 e. The Balaban J connectivity index is 2.49. The lowest BCUT2D eigenvalue weighted by molar-refractivity contribution is 0.614. The average molecular weight is 333 g/mol. The summed E-state index contributed by atoms with van der Waals surface area (Å²) in [6, 6.07) is 9.72. The number of rotatable bonds is 4. The molecule has 0 heterocycles. The topological polar surface area (TPSA) is 12.0 Å². The zero-order valence-corrected chi connectivity index (χ0v) is 13.0. The summed E-state index contributed by atoms with van der Waals surface area (Å²) < 4.78 is 13.3. The van der Waals surface area contributed by atoms with Gasteiger partial charge < -0.3 is 5.32 Å². The van der Waals surface area contributed by atoms with E-state index in [0.717, 1.165) is 17.7 Å². The van der Waals surface area contributed by atoms with Gasteiger partial charge in [0.05, 0.1) is 11.1 Å². The standard InChI is InChI=1S/C15H13Cl3FN/c1-2-20-15(9-3-6-14(19)13(18)7-9)11-8-10(16)4-5-12(11)17/h3-8,15,20H,2H2,1H3. The van der Waals surface area contributed by atoms with Crippen molar-refractivity contribution in [3.63, 3.8) is 0 Å². The van der Waals surface area contributed by atoms with Gasteiger partial charge in [-0.2, -0.15) is 0 Å². The van der Waals surface area contributed by atoms with Gasteiger partial charge in [-0.15, -0.1) is 0 Å². The average Bonchev–Trinajstić information content (AvgIpc) is 2.42. The maximum absolute atomic E-state index is 13.3. The van der Waals surface area contributed by atoms with Crippen LogP contribution in [0.4, 0.5) is 4.39 Å². The number of hydrogen-bond donors (Lipinski definition) is 1. The Morgan fingerprint density at radius 2 is 1.80 bits per heavy atom. The normalized spacial score (nSPS) is 12.4. The molecular weight excluding hydrogens is 320 g/mol. The third-order valence-electron chi connectivity index (χ3n) is 2.95. The molecule has 0 aliphatic carbocycles. The van der Waals surface area contributed by atoms with E-state index in [1.165, 1.54) is 6.07 Å². The van der Waals surface area contributed by atoms with Gasteiger partial charge in [0, 0.05) is 10.0 Å². The SMILES string of the molecule is CCNC(c1ccc(F)c(Cl)c1)c1cc(Cl)ccc1Cl. The molecule has 1 unspecified atom stereocenters. The molecule has 0 saturated heterocycles. The molecule has 0 radical (unpaired) electrons. The van der Waals surface area contributed by atoms with Gasteiger partial charge in [0.25, 0.3) is 0 Å². The number of hydrogen-bond acceptors (Lipinski definition) is 1. The van der Waals surface area contributed by atoms with Crippen molar-refractivity contribution in [2.75, 3.05) is 6.54 Å².